The standard InChI is InChI=1S/C51H76O6/c1-4-7-10-13-16-19-22-25-26-27-30-32-35-38-41-44-50(53)56-47-48(57-51(54)45-42-39-36-33-29-24-21-18-15-12-9-6-3)46-55-49(52)43-40-37-34-31-28-23-20-17-14-11-8-5-2/h7-13,16-22,25-31,33,48H,4-6,14-15,23-24,32,34-47H2,1-3H3/b10-7-,11-8-,12-9-,16-13-,20-17-,21-18-,22-19-,26-25-,30-27-,31-28-,33-29-. The van der Waals surface area contributed by atoms with Crippen molar-refractivity contribution in [1.29, 1.82) is 0 Å². The molecule has 0 aromatic carbocycles. The summed E-state index contributed by atoms with van der Waals surface area (Å²) >= 11 is 0. The fourth-order valence-electron chi connectivity index (χ4n) is 5.08. The van der Waals surface area contributed by atoms with Crippen LogP contribution in [-0.4, -0.2) is 37.2 Å². The second kappa shape index (κ2) is 44.3. The monoisotopic (exact) mass is 785 g/mol. The Bertz CT molecular complexity index is 1320. The largest absolute Gasteiger partial charge is 0.462 e. The van der Waals surface area contributed by atoms with Crippen LogP contribution in [0.25, 0.3) is 0 Å². The van der Waals surface area contributed by atoms with E-state index in [0.29, 0.717) is 19.3 Å². The molecule has 0 spiro atoms. The Morgan fingerprint density at radius 1 is 0.368 bits per heavy atom. The average Bonchev–Trinajstić information content (AvgIpc) is 3.21. The zero-order valence-corrected chi connectivity index (χ0v) is 35.8. The van der Waals surface area contributed by atoms with Crippen molar-refractivity contribution in [3.05, 3.63) is 134 Å². The molecule has 0 aromatic rings. The van der Waals surface area contributed by atoms with E-state index in [0.717, 1.165) is 89.9 Å². The van der Waals surface area contributed by atoms with E-state index in [4.69, 9.17) is 14.2 Å². The molecular formula is C51H76O6. The normalized spacial score (nSPS) is 13.4. The number of hydrogen-bond donors (Lipinski definition) is 0. The molecule has 0 N–H and O–H groups in total. The molecule has 0 bridgehead atoms. The fourth-order valence-corrected chi connectivity index (χ4v) is 5.08. The highest BCUT2D eigenvalue weighted by Gasteiger charge is 2.19. The molecule has 57 heavy (non-hydrogen) atoms. The molecule has 316 valence electrons. The molecule has 0 aliphatic rings. The molecule has 0 amide bonds. The van der Waals surface area contributed by atoms with E-state index in [-0.39, 0.29) is 50.4 Å². The Balaban J connectivity index is 4.62. The van der Waals surface area contributed by atoms with Crippen LogP contribution in [0.15, 0.2) is 134 Å². The van der Waals surface area contributed by atoms with Crippen LogP contribution in [0.3, 0.4) is 0 Å². The first kappa shape index (κ1) is 52.6. The summed E-state index contributed by atoms with van der Waals surface area (Å²) in [5.41, 5.74) is 0. The van der Waals surface area contributed by atoms with Gasteiger partial charge in [0.05, 0.1) is 0 Å². The lowest BCUT2D eigenvalue weighted by molar-refractivity contribution is -0.167. The number of hydrogen-bond acceptors (Lipinski definition) is 6. The van der Waals surface area contributed by atoms with Crippen molar-refractivity contribution < 1.29 is 28.6 Å². The van der Waals surface area contributed by atoms with Crippen molar-refractivity contribution in [3.63, 3.8) is 0 Å². The molecule has 0 saturated carbocycles. The topological polar surface area (TPSA) is 78.9 Å². The average molecular weight is 785 g/mol. The Morgan fingerprint density at radius 3 is 1.19 bits per heavy atom. The third-order valence-corrected chi connectivity index (χ3v) is 8.26. The van der Waals surface area contributed by atoms with Crippen LogP contribution >= 0.6 is 0 Å². The SMILES string of the molecule is CC\C=C/C=C\C=C/C=C\C=C/CCCCCC(=O)OCC(COC(=O)CCCC/C=C\C/C=C\C/C=C\CC)OC(=O)CCCC/C=C\C/C=C\C/C=C\CC. The maximum absolute atomic E-state index is 12.7. The summed E-state index contributed by atoms with van der Waals surface area (Å²) in [5, 5.41) is 0. The summed E-state index contributed by atoms with van der Waals surface area (Å²) in [6.45, 7) is 6.10. The van der Waals surface area contributed by atoms with Crippen LogP contribution in [-0.2, 0) is 28.6 Å². The molecule has 0 aliphatic carbocycles. The molecule has 0 rings (SSSR count). The first-order valence-electron chi connectivity index (χ1n) is 21.8. The molecule has 0 fully saturated rings. The van der Waals surface area contributed by atoms with Gasteiger partial charge in [0.1, 0.15) is 13.2 Å². The van der Waals surface area contributed by atoms with Gasteiger partial charge < -0.3 is 14.2 Å². The Hall–Kier alpha value is -4.45. The minimum absolute atomic E-state index is 0.133. The fraction of sp³-hybridized carbons (Fsp3) is 0.510. The van der Waals surface area contributed by atoms with Crippen molar-refractivity contribution in [2.24, 2.45) is 0 Å². The van der Waals surface area contributed by atoms with Gasteiger partial charge in [0, 0.05) is 19.3 Å². The van der Waals surface area contributed by atoms with Gasteiger partial charge in [-0.05, 0) is 103 Å². The van der Waals surface area contributed by atoms with E-state index in [1.165, 1.54) is 0 Å². The maximum atomic E-state index is 12.7. The molecule has 0 saturated heterocycles. The van der Waals surface area contributed by atoms with E-state index in [1.54, 1.807) is 0 Å². The van der Waals surface area contributed by atoms with Crippen molar-refractivity contribution in [2.45, 2.75) is 155 Å². The third-order valence-electron chi connectivity index (χ3n) is 8.26. The van der Waals surface area contributed by atoms with E-state index < -0.39 is 6.10 Å². The summed E-state index contributed by atoms with van der Waals surface area (Å²) in [6.07, 6.45) is 61.6. The van der Waals surface area contributed by atoms with Crippen LogP contribution < -0.4 is 0 Å². The minimum atomic E-state index is -0.834. The maximum Gasteiger partial charge on any atom is 0.306 e. The van der Waals surface area contributed by atoms with Gasteiger partial charge in [-0.25, -0.2) is 0 Å². The van der Waals surface area contributed by atoms with Gasteiger partial charge in [-0.2, -0.15) is 0 Å². The molecule has 0 aromatic heterocycles. The molecule has 0 heterocycles. The molecule has 6 heteroatoms. The highest BCUT2D eigenvalue weighted by molar-refractivity contribution is 5.71. The van der Waals surface area contributed by atoms with Gasteiger partial charge in [0.25, 0.3) is 0 Å². The predicted molar refractivity (Wildman–Crippen MR) is 242 cm³/mol. The molecule has 0 aliphatic heterocycles. The zero-order valence-electron chi connectivity index (χ0n) is 35.8. The summed E-state index contributed by atoms with van der Waals surface area (Å²) in [4.78, 5) is 37.7. The number of unbranched alkanes of at least 4 members (excludes halogenated alkanes) is 7. The van der Waals surface area contributed by atoms with E-state index in [1.807, 2.05) is 48.6 Å². The van der Waals surface area contributed by atoms with Crippen molar-refractivity contribution >= 4 is 17.9 Å². The Morgan fingerprint density at radius 2 is 0.719 bits per heavy atom. The lowest BCUT2D eigenvalue weighted by Crippen LogP contribution is -2.30. The van der Waals surface area contributed by atoms with E-state index >= 15 is 0 Å². The predicted octanol–water partition coefficient (Wildman–Crippen LogP) is 14.0. The second-order valence-electron chi connectivity index (χ2n) is 13.6. The summed E-state index contributed by atoms with van der Waals surface area (Å²) < 4.78 is 16.6. The molecule has 6 nitrogen and oxygen atoms in total. The van der Waals surface area contributed by atoms with Crippen molar-refractivity contribution in [2.75, 3.05) is 13.2 Å². The smallest absolute Gasteiger partial charge is 0.306 e. The molecule has 1 atom stereocenters. The first-order valence-corrected chi connectivity index (χ1v) is 21.8. The highest BCUT2D eigenvalue weighted by Crippen LogP contribution is 2.10. The zero-order chi connectivity index (χ0) is 41.5. The van der Waals surface area contributed by atoms with E-state index in [9.17, 15) is 14.4 Å². The number of rotatable bonds is 36. The summed E-state index contributed by atoms with van der Waals surface area (Å²) in [7, 11) is 0. The third kappa shape index (κ3) is 42.5. The second-order valence-corrected chi connectivity index (χ2v) is 13.6. The van der Waals surface area contributed by atoms with E-state index in [2.05, 4.69) is 106 Å². The Labute approximate surface area is 347 Å². The van der Waals surface area contributed by atoms with Gasteiger partial charge >= 0.3 is 17.9 Å². The van der Waals surface area contributed by atoms with Crippen LogP contribution in [0.2, 0.25) is 0 Å². The summed E-state index contributed by atoms with van der Waals surface area (Å²) in [5.74, 6) is -1.07. The Kier molecular flexibility index (Phi) is 40.8. The minimum Gasteiger partial charge on any atom is -0.462 e. The van der Waals surface area contributed by atoms with Gasteiger partial charge in [-0.3, -0.25) is 14.4 Å². The highest BCUT2D eigenvalue weighted by atomic mass is 16.6. The van der Waals surface area contributed by atoms with Gasteiger partial charge in [-0.1, -0.05) is 161 Å². The number of carbonyl (C=O) groups is 3. The van der Waals surface area contributed by atoms with Crippen LogP contribution in [0.1, 0.15) is 149 Å². The molecule has 0 radical (unpaired) electrons. The van der Waals surface area contributed by atoms with Crippen LogP contribution in [0.4, 0.5) is 0 Å². The number of carbonyl (C=O) groups excluding carboxylic acids is 3. The molecular weight excluding hydrogens is 709 g/mol. The van der Waals surface area contributed by atoms with Crippen molar-refractivity contribution in [3.8, 4) is 0 Å². The van der Waals surface area contributed by atoms with Gasteiger partial charge in [-0.15, -0.1) is 0 Å². The number of ether oxygens (including phenoxy) is 3. The van der Waals surface area contributed by atoms with Gasteiger partial charge in [0.2, 0.25) is 0 Å². The quantitative estimate of drug-likeness (QED) is 0.0207. The van der Waals surface area contributed by atoms with Crippen LogP contribution in [0, 0.1) is 0 Å². The van der Waals surface area contributed by atoms with Crippen LogP contribution in [0.5, 0.6) is 0 Å². The summed E-state index contributed by atoms with van der Waals surface area (Å²) in [6, 6.07) is 0. The molecule has 1 unspecified atom stereocenters. The number of esters is 3. The lowest BCUT2D eigenvalue weighted by Gasteiger charge is -2.18. The lowest BCUT2D eigenvalue weighted by atomic mass is 10.1. The number of allylic oxidation sites excluding steroid dienone is 22. The first-order chi connectivity index (χ1) is 28.0. The van der Waals surface area contributed by atoms with Crippen molar-refractivity contribution in [1.82, 2.24) is 0 Å². The van der Waals surface area contributed by atoms with Gasteiger partial charge in [0.15, 0.2) is 6.10 Å².